The SMILES string of the molecule is CCN(C(C)=O)c1nc(COC(=O)c2ccccc2NC(=O)/C=C/c2ccc(OC)cc2)cs1. The Morgan fingerprint density at radius 1 is 1.12 bits per heavy atom. The summed E-state index contributed by atoms with van der Waals surface area (Å²) in [6, 6.07) is 13.9. The number of nitrogens with zero attached hydrogens (tertiary/aromatic N) is 2. The lowest BCUT2D eigenvalue weighted by atomic mass is 10.1. The maximum atomic E-state index is 12.7. The summed E-state index contributed by atoms with van der Waals surface area (Å²) in [5.41, 5.74) is 1.93. The van der Waals surface area contributed by atoms with Crippen LogP contribution in [0.2, 0.25) is 0 Å². The zero-order valence-corrected chi connectivity index (χ0v) is 19.9. The molecule has 34 heavy (non-hydrogen) atoms. The molecular formula is C25H25N3O5S. The van der Waals surface area contributed by atoms with Crippen LogP contribution >= 0.6 is 11.3 Å². The van der Waals surface area contributed by atoms with Gasteiger partial charge in [0.15, 0.2) is 5.13 Å². The van der Waals surface area contributed by atoms with Crippen molar-refractivity contribution in [3.63, 3.8) is 0 Å². The van der Waals surface area contributed by atoms with Gasteiger partial charge in [0.05, 0.1) is 24.1 Å². The van der Waals surface area contributed by atoms with Crippen LogP contribution in [0.5, 0.6) is 5.75 Å². The van der Waals surface area contributed by atoms with Crippen molar-refractivity contribution in [1.29, 1.82) is 0 Å². The fourth-order valence-electron chi connectivity index (χ4n) is 3.03. The van der Waals surface area contributed by atoms with E-state index in [9.17, 15) is 14.4 Å². The van der Waals surface area contributed by atoms with Crippen LogP contribution in [-0.2, 0) is 20.9 Å². The number of carbonyl (C=O) groups is 3. The van der Waals surface area contributed by atoms with Gasteiger partial charge in [-0.2, -0.15) is 0 Å². The van der Waals surface area contributed by atoms with Crippen molar-refractivity contribution < 1.29 is 23.9 Å². The second kappa shape index (κ2) is 11.8. The normalized spacial score (nSPS) is 10.7. The number of carbonyl (C=O) groups excluding carboxylic acids is 3. The van der Waals surface area contributed by atoms with Crippen LogP contribution in [0.25, 0.3) is 6.08 Å². The van der Waals surface area contributed by atoms with Crippen LogP contribution in [0, 0.1) is 0 Å². The Morgan fingerprint density at radius 2 is 1.85 bits per heavy atom. The molecule has 1 aromatic heterocycles. The minimum absolute atomic E-state index is 0.0511. The monoisotopic (exact) mass is 479 g/mol. The molecule has 0 radical (unpaired) electrons. The van der Waals surface area contributed by atoms with E-state index in [4.69, 9.17) is 9.47 Å². The number of thiazole rings is 1. The lowest BCUT2D eigenvalue weighted by Crippen LogP contribution is -2.27. The summed E-state index contributed by atoms with van der Waals surface area (Å²) in [6.45, 7) is 3.79. The summed E-state index contributed by atoms with van der Waals surface area (Å²) in [7, 11) is 1.59. The number of hydrogen-bond acceptors (Lipinski definition) is 7. The van der Waals surface area contributed by atoms with Crippen molar-refractivity contribution in [3.8, 4) is 5.75 Å². The number of rotatable bonds is 9. The minimum atomic E-state index is -0.594. The zero-order valence-electron chi connectivity index (χ0n) is 19.1. The molecule has 9 heteroatoms. The van der Waals surface area contributed by atoms with Crippen LogP contribution in [0.1, 0.15) is 35.5 Å². The van der Waals surface area contributed by atoms with Crippen molar-refractivity contribution in [2.24, 2.45) is 0 Å². The second-order valence-electron chi connectivity index (χ2n) is 7.10. The molecule has 176 valence electrons. The third-order valence-corrected chi connectivity index (χ3v) is 5.68. The smallest absolute Gasteiger partial charge is 0.340 e. The van der Waals surface area contributed by atoms with E-state index in [1.807, 2.05) is 19.1 Å². The summed E-state index contributed by atoms with van der Waals surface area (Å²) in [6.07, 6.45) is 3.05. The lowest BCUT2D eigenvalue weighted by Gasteiger charge is -2.14. The number of nitrogens with one attached hydrogen (secondary N) is 1. The highest BCUT2D eigenvalue weighted by Crippen LogP contribution is 2.22. The third kappa shape index (κ3) is 6.52. The van der Waals surface area contributed by atoms with Crippen LogP contribution in [-0.4, -0.2) is 36.4 Å². The standard InChI is InChI=1S/C25H25N3O5S/c1-4-28(17(2)29)25-26-19(16-34-25)15-33-24(31)21-7-5-6-8-22(21)27-23(30)14-11-18-9-12-20(32-3)13-10-18/h5-14,16H,4,15H2,1-3H3,(H,27,30)/b14-11+. The van der Waals surface area contributed by atoms with E-state index < -0.39 is 5.97 Å². The van der Waals surface area contributed by atoms with E-state index in [-0.39, 0.29) is 24.0 Å². The number of methoxy groups -OCH3 is 1. The van der Waals surface area contributed by atoms with Crippen LogP contribution < -0.4 is 15.0 Å². The molecule has 3 aromatic rings. The van der Waals surface area contributed by atoms with Gasteiger partial charge in [-0.1, -0.05) is 24.3 Å². The van der Waals surface area contributed by atoms with E-state index in [1.54, 1.807) is 59.9 Å². The molecule has 8 nitrogen and oxygen atoms in total. The van der Waals surface area contributed by atoms with E-state index in [2.05, 4.69) is 10.3 Å². The summed E-state index contributed by atoms with van der Waals surface area (Å²) >= 11 is 1.31. The molecule has 0 aliphatic carbocycles. The number of ether oxygens (including phenoxy) is 2. The van der Waals surface area contributed by atoms with E-state index >= 15 is 0 Å². The maximum Gasteiger partial charge on any atom is 0.340 e. The summed E-state index contributed by atoms with van der Waals surface area (Å²) in [5, 5.41) is 5.01. The number of amides is 2. The Hall–Kier alpha value is -3.98. The first-order valence-corrected chi connectivity index (χ1v) is 11.4. The highest BCUT2D eigenvalue weighted by molar-refractivity contribution is 7.14. The molecule has 0 bridgehead atoms. The molecule has 0 saturated heterocycles. The Morgan fingerprint density at radius 3 is 2.53 bits per heavy atom. The van der Waals surface area contributed by atoms with Gasteiger partial charge in [0, 0.05) is 24.9 Å². The van der Waals surface area contributed by atoms with Crippen molar-refractivity contribution in [1.82, 2.24) is 4.98 Å². The number of benzene rings is 2. The molecule has 0 atom stereocenters. The second-order valence-corrected chi connectivity index (χ2v) is 7.94. The Labute approximate surface area is 201 Å². The van der Waals surface area contributed by atoms with Gasteiger partial charge in [0.25, 0.3) is 0 Å². The van der Waals surface area contributed by atoms with Gasteiger partial charge >= 0.3 is 5.97 Å². The molecule has 1 N–H and O–H groups in total. The number of para-hydroxylation sites is 1. The van der Waals surface area contributed by atoms with Crippen LogP contribution in [0.4, 0.5) is 10.8 Å². The number of hydrogen-bond donors (Lipinski definition) is 1. The highest BCUT2D eigenvalue weighted by Gasteiger charge is 2.17. The first-order chi connectivity index (χ1) is 16.4. The largest absolute Gasteiger partial charge is 0.497 e. The predicted molar refractivity (Wildman–Crippen MR) is 132 cm³/mol. The van der Waals surface area contributed by atoms with E-state index in [0.717, 1.165) is 11.3 Å². The maximum absolute atomic E-state index is 12.7. The van der Waals surface area contributed by atoms with Gasteiger partial charge in [0.2, 0.25) is 11.8 Å². The molecule has 2 amide bonds. The van der Waals surface area contributed by atoms with Crippen molar-refractivity contribution in [3.05, 3.63) is 76.8 Å². The third-order valence-electron chi connectivity index (χ3n) is 4.77. The average Bonchev–Trinajstić information content (AvgIpc) is 3.30. The molecular weight excluding hydrogens is 454 g/mol. The molecule has 2 aromatic carbocycles. The summed E-state index contributed by atoms with van der Waals surface area (Å²) < 4.78 is 10.5. The van der Waals surface area contributed by atoms with E-state index in [0.29, 0.717) is 23.1 Å². The number of anilines is 2. The van der Waals surface area contributed by atoms with Gasteiger partial charge in [-0.25, -0.2) is 9.78 Å². The zero-order chi connectivity index (χ0) is 24.5. The van der Waals surface area contributed by atoms with Crippen molar-refractivity contribution >= 4 is 46.0 Å². The first-order valence-electron chi connectivity index (χ1n) is 10.5. The Kier molecular flexibility index (Phi) is 8.53. The molecule has 0 aliphatic rings. The van der Waals surface area contributed by atoms with Crippen LogP contribution in [0.3, 0.4) is 0 Å². The first kappa shape index (κ1) is 24.7. The fourth-order valence-corrected chi connectivity index (χ4v) is 3.94. The molecule has 3 rings (SSSR count). The quantitative estimate of drug-likeness (QED) is 0.358. The summed E-state index contributed by atoms with van der Waals surface area (Å²) in [4.78, 5) is 42.7. The van der Waals surface area contributed by atoms with Gasteiger partial charge in [-0.3, -0.25) is 14.5 Å². The topological polar surface area (TPSA) is 97.8 Å². The average molecular weight is 480 g/mol. The van der Waals surface area contributed by atoms with Gasteiger partial charge < -0.3 is 14.8 Å². The van der Waals surface area contributed by atoms with Crippen molar-refractivity contribution in [2.45, 2.75) is 20.5 Å². The van der Waals surface area contributed by atoms with Crippen LogP contribution in [0.15, 0.2) is 60.0 Å². The molecule has 0 unspecified atom stereocenters. The molecule has 0 saturated carbocycles. The molecule has 0 spiro atoms. The lowest BCUT2D eigenvalue weighted by molar-refractivity contribution is -0.116. The van der Waals surface area contributed by atoms with Crippen molar-refractivity contribution in [2.75, 3.05) is 23.9 Å². The Balaban J connectivity index is 1.62. The number of aromatic nitrogens is 1. The minimum Gasteiger partial charge on any atom is -0.497 e. The fraction of sp³-hybridized carbons (Fsp3) is 0.200. The molecule has 1 heterocycles. The van der Waals surface area contributed by atoms with E-state index in [1.165, 1.54) is 24.3 Å². The molecule has 0 fully saturated rings. The highest BCUT2D eigenvalue weighted by atomic mass is 32.1. The number of esters is 1. The van der Waals surface area contributed by atoms with Gasteiger partial charge in [-0.15, -0.1) is 11.3 Å². The summed E-state index contributed by atoms with van der Waals surface area (Å²) in [5.74, 6) is -0.358. The predicted octanol–water partition coefficient (Wildman–Crippen LogP) is 4.53. The Bertz CT molecular complexity index is 1190. The van der Waals surface area contributed by atoms with Gasteiger partial charge in [0.1, 0.15) is 12.4 Å². The molecule has 0 aliphatic heterocycles. The van der Waals surface area contributed by atoms with Gasteiger partial charge in [-0.05, 0) is 42.8 Å².